The molecular formula is C23H24FN5O. The average Bonchev–Trinajstić information content (AvgIpc) is 3.23. The second-order valence-electron chi connectivity index (χ2n) is 7.98. The number of aromatic amines is 1. The Hall–Kier alpha value is -3.22. The number of anilines is 1. The molecule has 0 spiro atoms. The number of aryl methyl sites for hydroxylation is 1. The van der Waals surface area contributed by atoms with Crippen LogP contribution in [0.15, 0.2) is 48.7 Å². The molecule has 1 saturated heterocycles. The number of nitrogens with one attached hydrogen (secondary N) is 1. The molecule has 5 rings (SSSR count). The van der Waals surface area contributed by atoms with Crippen molar-refractivity contribution in [3.8, 4) is 11.3 Å². The molecule has 3 heterocycles. The van der Waals surface area contributed by atoms with Crippen molar-refractivity contribution in [2.75, 3.05) is 31.1 Å². The summed E-state index contributed by atoms with van der Waals surface area (Å²) in [6.45, 7) is 3.00. The van der Waals surface area contributed by atoms with Crippen LogP contribution >= 0.6 is 0 Å². The van der Waals surface area contributed by atoms with Crippen molar-refractivity contribution >= 4 is 11.7 Å². The summed E-state index contributed by atoms with van der Waals surface area (Å²) in [6, 6.07) is 12.4. The average molecular weight is 405 g/mol. The van der Waals surface area contributed by atoms with Gasteiger partial charge in [-0.3, -0.25) is 9.89 Å². The molecule has 7 heteroatoms. The van der Waals surface area contributed by atoms with E-state index in [1.54, 1.807) is 12.3 Å². The van der Waals surface area contributed by atoms with Crippen molar-refractivity contribution in [2.24, 2.45) is 5.92 Å². The second kappa shape index (κ2) is 7.89. The van der Waals surface area contributed by atoms with Gasteiger partial charge >= 0.3 is 0 Å². The number of nitrogens with zero attached hydrogens (tertiary/aromatic N) is 4. The molecule has 3 aromatic rings. The molecule has 2 aromatic heterocycles. The van der Waals surface area contributed by atoms with Crippen molar-refractivity contribution in [3.05, 3.63) is 65.7 Å². The van der Waals surface area contributed by atoms with E-state index in [9.17, 15) is 9.18 Å². The van der Waals surface area contributed by atoms with Crippen molar-refractivity contribution in [2.45, 2.75) is 19.3 Å². The first-order chi connectivity index (χ1) is 14.7. The molecule has 1 atom stereocenters. The zero-order chi connectivity index (χ0) is 20.5. The van der Waals surface area contributed by atoms with Gasteiger partial charge in [0.05, 0.1) is 5.69 Å². The molecule has 1 aliphatic carbocycles. The number of hydrogen-bond donors (Lipinski definition) is 1. The maximum atomic E-state index is 13.7. The number of carbonyl (C=O) groups excluding carboxylic acids is 1. The first-order valence-corrected chi connectivity index (χ1v) is 10.5. The van der Waals surface area contributed by atoms with Gasteiger partial charge in [-0.05, 0) is 43.5 Å². The maximum absolute atomic E-state index is 13.7. The molecule has 0 radical (unpaired) electrons. The van der Waals surface area contributed by atoms with E-state index in [2.05, 4.69) is 20.1 Å². The quantitative estimate of drug-likeness (QED) is 0.727. The molecule has 1 fully saturated rings. The summed E-state index contributed by atoms with van der Waals surface area (Å²) in [4.78, 5) is 21.8. The Bertz CT molecular complexity index is 1040. The summed E-state index contributed by atoms with van der Waals surface area (Å²) in [6.07, 6.45) is 4.06. The molecule has 0 bridgehead atoms. The molecular weight excluding hydrogens is 381 g/mol. The first-order valence-electron chi connectivity index (χ1n) is 10.5. The van der Waals surface area contributed by atoms with Crippen LogP contribution in [0.5, 0.6) is 0 Å². The Labute approximate surface area is 174 Å². The number of hydrogen-bond acceptors (Lipinski definition) is 4. The van der Waals surface area contributed by atoms with Gasteiger partial charge in [-0.15, -0.1) is 0 Å². The molecule has 2 aliphatic rings. The fraction of sp³-hybridized carbons (Fsp3) is 0.348. The van der Waals surface area contributed by atoms with Crippen molar-refractivity contribution < 1.29 is 9.18 Å². The Morgan fingerprint density at radius 3 is 2.73 bits per heavy atom. The molecule has 154 valence electrons. The van der Waals surface area contributed by atoms with E-state index in [1.807, 2.05) is 29.2 Å². The highest BCUT2D eigenvalue weighted by atomic mass is 19.1. The van der Waals surface area contributed by atoms with Crippen LogP contribution in [0.25, 0.3) is 11.3 Å². The number of piperazine rings is 1. The summed E-state index contributed by atoms with van der Waals surface area (Å²) >= 11 is 0. The van der Waals surface area contributed by atoms with Crippen molar-refractivity contribution in [1.82, 2.24) is 20.1 Å². The number of benzene rings is 1. The predicted molar refractivity (Wildman–Crippen MR) is 113 cm³/mol. The molecule has 1 N–H and O–H groups in total. The number of halogens is 1. The van der Waals surface area contributed by atoms with E-state index in [1.165, 1.54) is 12.1 Å². The minimum atomic E-state index is -0.279. The van der Waals surface area contributed by atoms with Gasteiger partial charge in [-0.1, -0.05) is 18.2 Å². The van der Waals surface area contributed by atoms with Gasteiger partial charge in [0, 0.05) is 55.1 Å². The lowest BCUT2D eigenvalue weighted by Crippen LogP contribution is -2.51. The van der Waals surface area contributed by atoms with Gasteiger partial charge in [0.15, 0.2) is 0 Å². The third kappa shape index (κ3) is 3.56. The van der Waals surface area contributed by atoms with Gasteiger partial charge < -0.3 is 9.80 Å². The highest BCUT2D eigenvalue weighted by Crippen LogP contribution is 2.33. The maximum Gasteiger partial charge on any atom is 0.226 e. The van der Waals surface area contributed by atoms with Gasteiger partial charge in [0.1, 0.15) is 11.6 Å². The number of amides is 1. The number of fused-ring (bicyclic) bond motifs is 1. The van der Waals surface area contributed by atoms with E-state index < -0.39 is 0 Å². The molecule has 1 unspecified atom stereocenters. The first kappa shape index (κ1) is 18.8. The summed E-state index contributed by atoms with van der Waals surface area (Å²) in [5, 5.41) is 7.52. The van der Waals surface area contributed by atoms with Crippen molar-refractivity contribution in [3.63, 3.8) is 0 Å². The zero-order valence-electron chi connectivity index (χ0n) is 16.7. The molecule has 6 nitrogen and oxygen atoms in total. The Morgan fingerprint density at radius 2 is 1.97 bits per heavy atom. The molecule has 1 aromatic carbocycles. The van der Waals surface area contributed by atoms with E-state index in [0.29, 0.717) is 19.5 Å². The van der Waals surface area contributed by atoms with Crippen molar-refractivity contribution in [1.29, 1.82) is 0 Å². The lowest BCUT2D eigenvalue weighted by molar-refractivity contribution is -0.136. The third-order valence-corrected chi connectivity index (χ3v) is 6.16. The highest BCUT2D eigenvalue weighted by Gasteiger charge is 2.32. The van der Waals surface area contributed by atoms with Gasteiger partial charge in [-0.2, -0.15) is 5.10 Å². The van der Waals surface area contributed by atoms with E-state index in [-0.39, 0.29) is 17.6 Å². The van der Waals surface area contributed by atoms with Gasteiger partial charge in [0.2, 0.25) is 5.91 Å². The second-order valence-corrected chi connectivity index (χ2v) is 7.98. The van der Waals surface area contributed by atoms with E-state index in [4.69, 9.17) is 0 Å². The zero-order valence-corrected chi connectivity index (χ0v) is 16.7. The molecule has 1 aliphatic heterocycles. The van der Waals surface area contributed by atoms with E-state index in [0.717, 1.165) is 54.3 Å². The smallest absolute Gasteiger partial charge is 0.226 e. The van der Waals surface area contributed by atoms with Crippen LogP contribution in [0.3, 0.4) is 0 Å². The summed E-state index contributed by atoms with van der Waals surface area (Å²) < 4.78 is 13.7. The van der Waals surface area contributed by atoms with Gasteiger partial charge in [-0.25, -0.2) is 9.37 Å². The number of rotatable bonds is 3. The number of pyridine rings is 1. The number of carbonyl (C=O) groups is 1. The molecule has 1 amide bonds. The third-order valence-electron chi connectivity index (χ3n) is 6.16. The minimum absolute atomic E-state index is 0.0520. The summed E-state index contributed by atoms with van der Waals surface area (Å²) in [7, 11) is 0. The lowest BCUT2D eigenvalue weighted by Gasteiger charge is -2.37. The van der Waals surface area contributed by atoms with Crippen LogP contribution in [0.1, 0.15) is 17.7 Å². The van der Waals surface area contributed by atoms with Crippen LogP contribution in [0, 0.1) is 11.7 Å². The summed E-state index contributed by atoms with van der Waals surface area (Å²) in [5.41, 5.74) is 3.64. The summed E-state index contributed by atoms with van der Waals surface area (Å²) in [5.74, 6) is 0.847. The largest absolute Gasteiger partial charge is 0.353 e. The van der Waals surface area contributed by atoms with Gasteiger partial charge in [0.25, 0.3) is 0 Å². The Kier molecular flexibility index (Phi) is 4.94. The highest BCUT2D eigenvalue weighted by molar-refractivity contribution is 5.80. The van der Waals surface area contributed by atoms with Crippen LogP contribution in [-0.4, -0.2) is 52.2 Å². The topological polar surface area (TPSA) is 65.1 Å². The van der Waals surface area contributed by atoms with Crippen LogP contribution in [0.2, 0.25) is 0 Å². The standard InChI is InChI=1S/C23H24FN5O/c24-18-5-3-4-16(14-18)22-19-15-17(7-8-20(19)26-27-22)23(30)29-12-10-28(11-13-29)21-6-1-2-9-25-21/h1-6,9,14,17H,7-8,10-13,15H2,(H,26,27). The van der Waals surface area contributed by atoms with Crippen LogP contribution in [-0.2, 0) is 17.6 Å². The SMILES string of the molecule is O=C(C1CCc2[nH]nc(-c3cccc(F)c3)c2C1)N1CCN(c2ccccn2)CC1. The van der Waals surface area contributed by atoms with E-state index >= 15 is 0 Å². The Morgan fingerprint density at radius 1 is 1.10 bits per heavy atom. The fourth-order valence-electron chi connectivity index (χ4n) is 4.54. The monoisotopic (exact) mass is 405 g/mol. The lowest BCUT2D eigenvalue weighted by atomic mass is 9.84. The fourth-order valence-corrected chi connectivity index (χ4v) is 4.54. The molecule has 0 saturated carbocycles. The number of H-pyrrole nitrogens is 1. The Balaban J connectivity index is 1.27. The molecule has 30 heavy (non-hydrogen) atoms. The normalized spacial score (nSPS) is 18.9. The number of aromatic nitrogens is 3. The van der Waals surface area contributed by atoms with Crippen LogP contribution in [0.4, 0.5) is 10.2 Å². The van der Waals surface area contributed by atoms with Crippen LogP contribution < -0.4 is 4.90 Å². The minimum Gasteiger partial charge on any atom is -0.353 e. The predicted octanol–water partition coefficient (Wildman–Crippen LogP) is 3.06.